The Kier molecular flexibility index (Phi) is 16.9. The van der Waals surface area contributed by atoms with Gasteiger partial charge in [-0.1, -0.05) is 55.2 Å². The number of benzene rings is 2. The predicted molar refractivity (Wildman–Crippen MR) is 262 cm³/mol. The van der Waals surface area contributed by atoms with Gasteiger partial charge < -0.3 is 42.8 Å². The van der Waals surface area contributed by atoms with Crippen LogP contribution < -0.4 is 15.4 Å². The molecule has 7 atom stereocenters. The molecule has 4 aromatic heterocycles. The Morgan fingerprint density at radius 1 is 0.865 bits per heavy atom. The van der Waals surface area contributed by atoms with Crippen LogP contribution in [-0.4, -0.2) is 112 Å². The molecule has 0 spiro atoms. The third-order valence-electron chi connectivity index (χ3n) is 11.5. The summed E-state index contributed by atoms with van der Waals surface area (Å²) in [5.41, 5.74) is 1.12. The lowest BCUT2D eigenvalue weighted by Gasteiger charge is -2.26. The number of nitriles is 1. The number of halogens is 2. The number of amides is 2. The van der Waals surface area contributed by atoms with Crippen molar-refractivity contribution in [2.75, 3.05) is 30.0 Å². The Bertz CT molecular complexity index is 3170. The van der Waals surface area contributed by atoms with E-state index in [9.17, 15) is 33.8 Å². The van der Waals surface area contributed by atoms with Gasteiger partial charge in [-0.15, -0.1) is 0 Å². The van der Waals surface area contributed by atoms with Crippen LogP contribution in [0, 0.1) is 17.2 Å². The topological polar surface area (TPSA) is 302 Å². The molecule has 2 aliphatic rings. The van der Waals surface area contributed by atoms with Crippen molar-refractivity contribution in [1.82, 2.24) is 39.0 Å². The van der Waals surface area contributed by atoms with Gasteiger partial charge in [-0.3, -0.25) is 38.2 Å². The molecule has 2 N–H and O–H groups in total. The molecule has 2 aliphatic heterocycles. The third kappa shape index (κ3) is 12.9. The SMILES string of the molecule is CC(=O)CCC(=O)O[C@H]1C[C@H](n2cnc3c(NC(=O)c4ccccc4)ncnc32)O[C@@H]1COP(=O)(CCC#N)O[C@H]1C[C@H](n2cnc3c(Oc4cc(Cl)ccc4Cl)nc(NC(=O)C(C)C)nc32)O[C@@H]1COC(C)=O. The summed E-state index contributed by atoms with van der Waals surface area (Å²) in [5, 5.41) is 15.6. The smallest absolute Gasteiger partial charge is 0.332 e. The van der Waals surface area contributed by atoms with Gasteiger partial charge in [0.1, 0.15) is 61.3 Å². The van der Waals surface area contributed by atoms with Crippen molar-refractivity contribution in [2.24, 2.45) is 5.92 Å². The van der Waals surface area contributed by atoms with Crippen LogP contribution in [0.3, 0.4) is 0 Å². The van der Waals surface area contributed by atoms with Crippen LogP contribution in [0.4, 0.5) is 11.8 Å². The van der Waals surface area contributed by atoms with Crippen molar-refractivity contribution in [3.05, 3.63) is 83.1 Å². The van der Waals surface area contributed by atoms with E-state index in [0.717, 1.165) is 0 Å². The standard InChI is InChI=1S/C47H48Cl2N11O13P/c1-25(2)44(64)57-47-56-43-40(46(58-47)72-31-17-29(48)12-13-30(31)49)54-24-60(43)37-19-33(34(69-37)20-67-27(4)62)73-74(66,16-8-15-50)68-21-35-32(71-38(63)14-11-26(3)61)18-36(70-35)59-23-53-39-41(51-22-52-42(39)59)55-45(65)28-9-6-5-7-10-28/h5-7,9-10,12-13,17,22-25,32-37H,8,11,14,16,18-21H2,1-4H3,(H,51,52,55,65)(H,56,57,58,64)/t32-,33-,34+,35+,36+,37+,74?/m0/s1. The van der Waals surface area contributed by atoms with Crippen molar-refractivity contribution >= 4 is 94.4 Å². The van der Waals surface area contributed by atoms with Crippen LogP contribution in [0.2, 0.25) is 10.0 Å². The highest BCUT2D eigenvalue weighted by Crippen LogP contribution is 2.53. The van der Waals surface area contributed by atoms with Gasteiger partial charge in [0.15, 0.2) is 28.1 Å². The summed E-state index contributed by atoms with van der Waals surface area (Å²) < 4.78 is 60.5. The fraction of sp³-hybridized carbons (Fsp3) is 0.404. The molecule has 1 unspecified atom stereocenters. The number of ketones is 1. The van der Waals surface area contributed by atoms with E-state index in [1.807, 2.05) is 6.07 Å². The van der Waals surface area contributed by atoms with E-state index in [1.165, 1.54) is 49.5 Å². The number of hydrogen-bond acceptors (Lipinski definition) is 20. The van der Waals surface area contributed by atoms with Crippen molar-refractivity contribution in [2.45, 2.75) is 96.7 Å². The summed E-state index contributed by atoms with van der Waals surface area (Å²) in [6.07, 6.45) is -3.27. The quantitative estimate of drug-likeness (QED) is 0.0519. The highest BCUT2D eigenvalue weighted by Gasteiger charge is 2.45. The Hall–Kier alpha value is -6.97. The van der Waals surface area contributed by atoms with Gasteiger partial charge in [-0.2, -0.15) is 15.2 Å². The molecule has 24 nitrogen and oxygen atoms in total. The lowest BCUT2D eigenvalue weighted by Crippen LogP contribution is -2.32. The first-order chi connectivity index (χ1) is 35.5. The third-order valence-corrected chi connectivity index (χ3v) is 14.0. The molecule has 2 fully saturated rings. The monoisotopic (exact) mass is 1080 g/mol. The molecule has 2 saturated heterocycles. The number of anilines is 2. The lowest BCUT2D eigenvalue weighted by molar-refractivity contribution is -0.153. The molecule has 388 valence electrons. The summed E-state index contributed by atoms with van der Waals surface area (Å²) in [7, 11) is -4.34. The highest BCUT2D eigenvalue weighted by molar-refractivity contribution is 7.53. The largest absolute Gasteiger partial charge is 0.463 e. The van der Waals surface area contributed by atoms with Gasteiger partial charge in [-0.25, -0.2) is 19.9 Å². The van der Waals surface area contributed by atoms with Crippen LogP contribution in [0.1, 0.15) is 82.6 Å². The molecule has 6 heterocycles. The van der Waals surface area contributed by atoms with Crippen LogP contribution in [0.25, 0.3) is 22.3 Å². The van der Waals surface area contributed by atoms with Gasteiger partial charge in [0.25, 0.3) is 11.8 Å². The van der Waals surface area contributed by atoms with E-state index in [-0.39, 0.29) is 95.2 Å². The number of carbonyl (C=O) groups is 5. The maximum absolute atomic E-state index is 14.9. The average molecular weight is 1080 g/mol. The first-order valence-electron chi connectivity index (χ1n) is 23.1. The molecule has 0 saturated carbocycles. The fourth-order valence-electron chi connectivity index (χ4n) is 7.78. The van der Waals surface area contributed by atoms with Crippen molar-refractivity contribution in [3.8, 4) is 17.7 Å². The van der Waals surface area contributed by atoms with E-state index in [2.05, 4.69) is 40.5 Å². The normalized spacial score (nSPS) is 20.2. The minimum Gasteiger partial charge on any atom is -0.463 e. The number of fused-ring (bicyclic) bond motifs is 2. The first-order valence-corrected chi connectivity index (χ1v) is 25.6. The summed E-state index contributed by atoms with van der Waals surface area (Å²) in [6, 6.07) is 15.0. The minimum absolute atomic E-state index is 0.0110. The zero-order chi connectivity index (χ0) is 52.7. The Morgan fingerprint density at radius 3 is 2.27 bits per heavy atom. The summed E-state index contributed by atoms with van der Waals surface area (Å²) in [6.45, 7) is 5.06. The maximum atomic E-state index is 14.9. The summed E-state index contributed by atoms with van der Waals surface area (Å²) >= 11 is 12.7. The minimum atomic E-state index is -4.34. The molecule has 2 amide bonds. The maximum Gasteiger partial charge on any atom is 0.332 e. The summed E-state index contributed by atoms with van der Waals surface area (Å²) in [4.78, 5) is 89.4. The van der Waals surface area contributed by atoms with Crippen LogP contribution in [0.15, 0.2) is 67.5 Å². The molecule has 0 bridgehead atoms. The number of Topliss-reactive ketones (excluding diaryl/α,β-unsaturated/α-hetero) is 1. The molecule has 27 heteroatoms. The molecular weight excluding hydrogens is 1030 g/mol. The van der Waals surface area contributed by atoms with Crippen LogP contribution >= 0.6 is 30.8 Å². The van der Waals surface area contributed by atoms with Gasteiger partial charge in [0, 0.05) is 55.2 Å². The van der Waals surface area contributed by atoms with Crippen LogP contribution in [-0.2, 0) is 51.7 Å². The van der Waals surface area contributed by atoms with Crippen molar-refractivity contribution in [1.29, 1.82) is 5.26 Å². The molecule has 6 aromatic rings. The van der Waals surface area contributed by atoms with E-state index >= 15 is 0 Å². The molecule has 2 aromatic carbocycles. The van der Waals surface area contributed by atoms with Gasteiger partial charge in [0.05, 0.1) is 42.9 Å². The molecule has 0 aliphatic carbocycles. The zero-order valence-electron chi connectivity index (χ0n) is 40.1. The molecular formula is C47H48Cl2N11O13P. The van der Waals surface area contributed by atoms with E-state index in [1.54, 1.807) is 54.8 Å². The highest BCUT2D eigenvalue weighted by atomic mass is 35.5. The number of rotatable bonds is 21. The lowest BCUT2D eigenvalue weighted by atomic mass is 10.2. The molecule has 8 rings (SSSR count). The number of carbonyl (C=O) groups excluding carboxylic acids is 5. The van der Waals surface area contributed by atoms with Crippen LogP contribution in [0.5, 0.6) is 11.6 Å². The number of aromatic nitrogens is 8. The number of hydrogen-bond donors (Lipinski definition) is 2. The van der Waals surface area contributed by atoms with Crippen molar-refractivity contribution in [3.63, 3.8) is 0 Å². The van der Waals surface area contributed by atoms with Gasteiger partial charge in [0.2, 0.25) is 11.9 Å². The Morgan fingerprint density at radius 2 is 1.57 bits per heavy atom. The second-order valence-corrected chi connectivity index (χ2v) is 20.3. The number of nitrogens with zero attached hydrogens (tertiary/aromatic N) is 9. The second kappa shape index (κ2) is 23.5. The Balaban J connectivity index is 1.05. The van der Waals surface area contributed by atoms with Gasteiger partial charge in [-0.05, 0) is 31.2 Å². The number of ether oxygens (including phenoxy) is 5. The van der Waals surface area contributed by atoms with E-state index in [0.29, 0.717) is 10.6 Å². The first kappa shape index (κ1) is 53.3. The molecule has 0 radical (unpaired) electrons. The van der Waals surface area contributed by atoms with Crippen molar-refractivity contribution < 1.29 is 61.3 Å². The second-order valence-electron chi connectivity index (χ2n) is 17.3. The van der Waals surface area contributed by atoms with E-state index < -0.39 is 86.9 Å². The number of nitrogens with one attached hydrogen (secondary N) is 2. The zero-order valence-corrected chi connectivity index (χ0v) is 42.5. The average Bonchev–Trinajstić information content (AvgIpc) is 4.18. The fourth-order valence-corrected chi connectivity index (χ4v) is 9.77. The number of esters is 2. The van der Waals surface area contributed by atoms with E-state index in [4.69, 9.17) is 55.9 Å². The Labute approximate surface area is 431 Å². The number of imidazole rings is 2. The van der Waals surface area contributed by atoms with Gasteiger partial charge >= 0.3 is 19.5 Å². The molecule has 74 heavy (non-hydrogen) atoms. The predicted octanol–water partition coefficient (Wildman–Crippen LogP) is 7.54. The summed E-state index contributed by atoms with van der Waals surface area (Å²) in [5.74, 6) is -2.84.